The minimum atomic E-state index is 0.150. The van der Waals surface area contributed by atoms with Gasteiger partial charge in [0.2, 0.25) is 5.91 Å². The zero-order valence-corrected chi connectivity index (χ0v) is 20.8. The third-order valence-corrected chi connectivity index (χ3v) is 8.21. The Morgan fingerprint density at radius 2 is 1.97 bits per heavy atom. The zero-order chi connectivity index (χ0) is 22.8. The van der Waals surface area contributed by atoms with Gasteiger partial charge < -0.3 is 14.6 Å². The second-order valence-corrected chi connectivity index (χ2v) is 12.4. The number of hydrogen-bond donors (Lipinski definition) is 1. The number of nitrogens with one attached hydrogen (secondary N) is 1. The van der Waals surface area contributed by atoms with Crippen molar-refractivity contribution >= 4 is 16.8 Å². The maximum Gasteiger partial charge on any atom is 0.223 e. The molecule has 3 aliphatic rings. The molecule has 1 amide bonds. The van der Waals surface area contributed by atoms with Crippen LogP contribution in [0.3, 0.4) is 0 Å². The second-order valence-electron chi connectivity index (χ2n) is 12.4. The number of aromatic nitrogens is 1. The molecule has 4 nitrogen and oxygen atoms in total. The van der Waals surface area contributed by atoms with Crippen molar-refractivity contribution in [2.75, 3.05) is 0 Å². The third kappa shape index (κ3) is 3.95. The summed E-state index contributed by atoms with van der Waals surface area (Å²) in [7, 11) is 0. The SMILES string of the molecule is Cc1ccc2[nH]cc(C(C)CC(=O)N3C(C)CC4(C)CC3CC(C)(C)C4)c2c1OC1CC1. The summed E-state index contributed by atoms with van der Waals surface area (Å²) in [4.78, 5) is 19.4. The molecule has 2 aromatic rings. The number of fused-ring (bicyclic) bond motifs is 3. The summed E-state index contributed by atoms with van der Waals surface area (Å²) < 4.78 is 6.33. The van der Waals surface area contributed by atoms with Crippen LogP contribution in [0.1, 0.15) is 96.6 Å². The lowest BCUT2D eigenvalue weighted by molar-refractivity contribution is -0.147. The van der Waals surface area contributed by atoms with Crippen molar-refractivity contribution in [3.05, 3.63) is 29.5 Å². The number of likely N-dealkylation sites (tertiary alicyclic amines) is 1. The van der Waals surface area contributed by atoms with E-state index in [0.29, 0.717) is 41.3 Å². The molecule has 2 heterocycles. The molecule has 2 saturated carbocycles. The molecule has 3 fully saturated rings. The Hall–Kier alpha value is -1.97. The average molecular weight is 437 g/mol. The van der Waals surface area contributed by atoms with Crippen molar-refractivity contribution in [2.24, 2.45) is 10.8 Å². The van der Waals surface area contributed by atoms with Gasteiger partial charge in [0.25, 0.3) is 0 Å². The van der Waals surface area contributed by atoms with Crippen LogP contribution in [0, 0.1) is 17.8 Å². The van der Waals surface area contributed by atoms with Crippen molar-refractivity contribution in [3.8, 4) is 5.75 Å². The summed E-state index contributed by atoms with van der Waals surface area (Å²) >= 11 is 0. The average Bonchev–Trinajstić information content (AvgIpc) is 3.37. The molecule has 1 N–H and O–H groups in total. The highest BCUT2D eigenvalue weighted by Gasteiger charge is 2.49. The first-order valence-corrected chi connectivity index (χ1v) is 12.6. The number of aryl methyl sites for hydroxylation is 1. The van der Waals surface area contributed by atoms with Gasteiger partial charge in [-0.15, -0.1) is 0 Å². The fraction of sp³-hybridized carbons (Fsp3) is 0.679. The van der Waals surface area contributed by atoms with Crippen LogP contribution in [-0.4, -0.2) is 34.0 Å². The van der Waals surface area contributed by atoms with E-state index in [1.807, 2.05) is 0 Å². The second kappa shape index (κ2) is 7.53. The molecule has 1 aromatic heterocycles. The molecule has 2 bridgehead atoms. The molecular weight excluding hydrogens is 396 g/mol. The minimum absolute atomic E-state index is 0.150. The molecule has 1 aliphatic heterocycles. The van der Waals surface area contributed by atoms with Crippen molar-refractivity contribution < 1.29 is 9.53 Å². The quantitative estimate of drug-likeness (QED) is 0.566. The topological polar surface area (TPSA) is 45.3 Å². The lowest BCUT2D eigenvalue weighted by Gasteiger charge is -2.57. The highest BCUT2D eigenvalue weighted by atomic mass is 16.5. The molecule has 174 valence electrons. The lowest BCUT2D eigenvalue weighted by Crippen LogP contribution is -2.58. The first kappa shape index (κ1) is 21.9. The van der Waals surface area contributed by atoms with E-state index in [1.54, 1.807) is 0 Å². The van der Waals surface area contributed by atoms with Gasteiger partial charge in [0, 0.05) is 35.6 Å². The van der Waals surface area contributed by atoms with Gasteiger partial charge in [-0.05, 0) is 86.3 Å². The van der Waals surface area contributed by atoms with Crippen LogP contribution < -0.4 is 4.74 Å². The molecule has 1 saturated heterocycles. The van der Waals surface area contributed by atoms with Crippen LogP contribution in [0.2, 0.25) is 0 Å². The van der Waals surface area contributed by atoms with Gasteiger partial charge in [0.05, 0.1) is 6.10 Å². The van der Waals surface area contributed by atoms with Gasteiger partial charge in [-0.1, -0.05) is 33.8 Å². The Bertz CT molecular complexity index is 1030. The summed E-state index contributed by atoms with van der Waals surface area (Å²) in [5, 5.41) is 1.18. The maximum atomic E-state index is 13.7. The molecular formula is C28H40N2O2. The van der Waals surface area contributed by atoms with E-state index in [2.05, 4.69) is 69.8 Å². The summed E-state index contributed by atoms with van der Waals surface area (Å²) in [5.74, 6) is 1.48. The fourth-order valence-electron chi connectivity index (χ4n) is 7.24. The number of benzene rings is 1. The van der Waals surface area contributed by atoms with Gasteiger partial charge >= 0.3 is 0 Å². The molecule has 1 aromatic carbocycles. The predicted molar refractivity (Wildman–Crippen MR) is 130 cm³/mol. The molecule has 32 heavy (non-hydrogen) atoms. The van der Waals surface area contributed by atoms with E-state index in [9.17, 15) is 4.79 Å². The Balaban J connectivity index is 1.39. The number of nitrogens with zero attached hydrogens (tertiary/aromatic N) is 1. The molecule has 0 radical (unpaired) electrons. The van der Waals surface area contributed by atoms with E-state index in [4.69, 9.17) is 4.74 Å². The van der Waals surface area contributed by atoms with Gasteiger partial charge in [0.1, 0.15) is 5.75 Å². The van der Waals surface area contributed by atoms with Crippen LogP contribution in [0.25, 0.3) is 10.9 Å². The third-order valence-electron chi connectivity index (χ3n) is 8.21. The van der Waals surface area contributed by atoms with E-state index < -0.39 is 0 Å². The Morgan fingerprint density at radius 3 is 2.69 bits per heavy atom. The molecule has 5 rings (SSSR count). The summed E-state index contributed by atoms with van der Waals surface area (Å²) in [6.07, 6.45) is 9.99. The molecule has 0 spiro atoms. The van der Waals surface area contributed by atoms with Gasteiger partial charge in [-0.25, -0.2) is 0 Å². The van der Waals surface area contributed by atoms with Crippen LogP contribution in [0.4, 0.5) is 0 Å². The monoisotopic (exact) mass is 436 g/mol. The Morgan fingerprint density at radius 1 is 1.22 bits per heavy atom. The highest BCUT2D eigenvalue weighted by molar-refractivity contribution is 5.91. The van der Waals surface area contributed by atoms with Crippen LogP contribution in [0.5, 0.6) is 5.75 Å². The number of hydrogen-bond acceptors (Lipinski definition) is 2. The first-order valence-electron chi connectivity index (χ1n) is 12.6. The van der Waals surface area contributed by atoms with Crippen molar-refractivity contribution in [1.82, 2.24) is 9.88 Å². The number of carbonyl (C=O) groups excluding carboxylic acids is 1. The summed E-state index contributed by atoms with van der Waals surface area (Å²) in [5.41, 5.74) is 4.18. The number of H-pyrrole nitrogens is 1. The van der Waals surface area contributed by atoms with Crippen LogP contribution in [-0.2, 0) is 4.79 Å². The summed E-state index contributed by atoms with van der Waals surface area (Å²) in [6, 6.07) is 4.98. The van der Waals surface area contributed by atoms with Crippen molar-refractivity contribution in [1.29, 1.82) is 0 Å². The predicted octanol–water partition coefficient (Wildman–Crippen LogP) is 6.72. The van der Waals surface area contributed by atoms with E-state index in [1.165, 1.54) is 22.9 Å². The van der Waals surface area contributed by atoms with Crippen molar-refractivity contribution in [2.45, 2.75) is 111 Å². The molecule has 4 unspecified atom stereocenters. The number of amides is 1. The normalized spacial score (nSPS) is 30.4. The zero-order valence-electron chi connectivity index (χ0n) is 20.8. The highest BCUT2D eigenvalue weighted by Crippen LogP contribution is 2.53. The van der Waals surface area contributed by atoms with Gasteiger partial charge in [-0.2, -0.15) is 0 Å². The number of piperidine rings is 1. The number of rotatable bonds is 5. The lowest BCUT2D eigenvalue weighted by atomic mass is 9.58. The van der Waals surface area contributed by atoms with Gasteiger partial charge in [0.15, 0.2) is 0 Å². The fourth-order valence-corrected chi connectivity index (χ4v) is 7.24. The Kier molecular flexibility index (Phi) is 5.14. The maximum absolute atomic E-state index is 13.7. The first-order chi connectivity index (χ1) is 15.1. The molecule has 4 atom stereocenters. The van der Waals surface area contributed by atoms with E-state index in [-0.39, 0.29) is 5.92 Å². The van der Waals surface area contributed by atoms with E-state index in [0.717, 1.165) is 43.4 Å². The smallest absolute Gasteiger partial charge is 0.223 e. The number of aromatic amines is 1. The number of ether oxygens (including phenoxy) is 1. The van der Waals surface area contributed by atoms with Crippen LogP contribution in [0.15, 0.2) is 18.3 Å². The molecule has 4 heteroatoms. The number of carbonyl (C=O) groups is 1. The van der Waals surface area contributed by atoms with Crippen LogP contribution >= 0.6 is 0 Å². The van der Waals surface area contributed by atoms with Gasteiger partial charge in [-0.3, -0.25) is 4.79 Å². The van der Waals surface area contributed by atoms with E-state index >= 15 is 0 Å². The Labute approximate surface area is 193 Å². The largest absolute Gasteiger partial charge is 0.489 e. The van der Waals surface area contributed by atoms with Crippen molar-refractivity contribution in [3.63, 3.8) is 0 Å². The summed E-state index contributed by atoms with van der Waals surface area (Å²) in [6.45, 7) is 13.8. The standard InChI is InChI=1S/C28H40N2O2/c1-17-7-10-23-25(26(17)32-21-8-9-21)22(15-29-23)18(2)11-24(31)30-19(3)12-28(6)14-20(30)13-27(4,5)16-28/h7,10,15,18-21,29H,8-9,11-14,16H2,1-6H3. The minimum Gasteiger partial charge on any atom is -0.489 e. The molecule has 2 aliphatic carbocycles.